The number of phenols is 1. The highest BCUT2D eigenvalue weighted by molar-refractivity contribution is 5.96. The molecule has 0 spiro atoms. The Morgan fingerprint density at radius 2 is 2.05 bits per heavy atom. The molecule has 0 unspecified atom stereocenters. The third-order valence-electron chi connectivity index (χ3n) is 3.00. The third kappa shape index (κ3) is 3.60. The second-order valence-electron chi connectivity index (χ2n) is 4.44. The smallest absolute Gasteiger partial charge is 0.271 e. The van der Waals surface area contributed by atoms with Crippen molar-refractivity contribution in [2.45, 2.75) is 6.92 Å². The molecule has 0 aliphatic rings. The molecule has 2 aromatic rings. The monoisotopic (exact) mass is 284 g/mol. The van der Waals surface area contributed by atoms with Crippen LogP contribution in [0.4, 0.5) is 0 Å². The van der Waals surface area contributed by atoms with Crippen LogP contribution >= 0.6 is 0 Å². The van der Waals surface area contributed by atoms with Crippen LogP contribution in [-0.4, -0.2) is 24.3 Å². The van der Waals surface area contributed by atoms with Crippen LogP contribution in [0.25, 0.3) is 0 Å². The Morgan fingerprint density at radius 1 is 1.29 bits per heavy atom. The fourth-order valence-corrected chi connectivity index (χ4v) is 1.81. The van der Waals surface area contributed by atoms with Crippen molar-refractivity contribution in [2.75, 3.05) is 7.11 Å². The first-order valence-corrected chi connectivity index (χ1v) is 6.38. The second-order valence-corrected chi connectivity index (χ2v) is 4.44. The van der Waals surface area contributed by atoms with E-state index in [1.807, 2.05) is 19.1 Å². The predicted octanol–water partition coefficient (Wildman–Crippen LogP) is 2.47. The summed E-state index contributed by atoms with van der Waals surface area (Å²) in [5.41, 5.74) is 4.36. The van der Waals surface area contributed by atoms with Crippen LogP contribution in [0.5, 0.6) is 11.5 Å². The molecule has 108 valence electrons. The topological polar surface area (TPSA) is 70.9 Å². The fourth-order valence-electron chi connectivity index (χ4n) is 1.81. The van der Waals surface area contributed by atoms with E-state index >= 15 is 0 Å². The Bertz CT molecular complexity index is 681. The largest absolute Gasteiger partial charge is 0.507 e. The number of aromatic hydroxyl groups is 1. The molecular formula is C16H16N2O3. The highest BCUT2D eigenvalue weighted by Gasteiger charge is 2.06. The van der Waals surface area contributed by atoms with Crippen molar-refractivity contribution in [3.05, 3.63) is 59.2 Å². The molecular weight excluding hydrogens is 268 g/mol. The summed E-state index contributed by atoms with van der Waals surface area (Å²) in [5.74, 6) is 0.286. The van der Waals surface area contributed by atoms with E-state index < -0.39 is 0 Å². The molecule has 0 saturated carbocycles. The quantitative estimate of drug-likeness (QED) is 0.669. The van der Waals surface area contributed by atoms with E-state index in [1.54, 1.807) is 24.3 Å². The lowest BCUT2D eigenvalue weighted by molar-refractivity contribution is 0.0954. The molecule has 0 aromatic heterocycles. The van der Waals surface area contributed by atoms with Gasteiger partial charge in [0.25, 0.3) is 5.91 Å². The molecule has 0 saturated heterocycles. The minimum Gasteiger partial charge on any atom is -0.507 e. The molecule has 5 nitrogen and oxygen atoms in total. The van der Waals surface area contributed by atoms with Crippen molar-refractivity contribution in [2.24, 2.45) is 5.10 Å². The summed E-state index contributed by atoms with van der Waals surface area (Å²) in [5, 5.41) is 13.6. The first-order valence-electron chi connectivity index (χ1n) is 6.38. The number of nitrogens with one attached hydrogen (secondary N) is 1. The van der Waals surface area contributed by atoms with Crippen LogP contribution in [-0.2, 0) is 0 Å². The first-order chi connectivity index (χ1) is 10.1. The molecule has 0 atom stereocenters. The van der Waals surface area contributed by atoms with E-state index in [0.717, 1.165) is 5.56 Å². The van der Waals surface area contributed by atoms with Gasteiger partial charge in [-0.25, -0.2) is 5.43 Å². The normalized spacial score (nSPS) is 10.6. The summed E-state index contributed by atoms with van der Waals surface area (Å²) in [6.07, 6.45) is 1.38. The first kappa shape index (κ1) is 14.6. The Kier molecular flexibility index (Phi) is 4.56. The van der Waals surface area contributed by atoms with Gasteiger partial charge in [0.05, 0.1) is 13.3 Å². The lowest BCUT2D eigenvalue weighted by Gasteiger charge is -2.04. The van der Waals surface area contributed by atoms with Crippen molar-refractivity contribution in [3.63, 3.8) is 0 Å². The number of ether oxygens (including phenoxy) is 1. The maximum atomic E-state index is 11.9. The van der Waals surface area contributed by atoms with Crippen molar-refractivity contribution in [1.82, 2.24) is 5.43 Å². The number of rotatable bonds is 4. The molecule has 0 aliphatic carbocycles. The van der Waals surface area contributed by atoms with Crippen LogP contribution < -0.4 is 10.2 Å². The molecule has 0 bridgehead atoms. The number of amides is 1. The van der Waals surface area contributed by atoms with Crippen molar-refractivity contribution in [1.29, 1.82) is 0 Å². The van der Waals surface area contributed by atoms with E-state index in [4.69, 9.17) is 4.74 Å². The summed E-state index contributed by atoms with van der Waals surface area (Å²) >= 11 is 0. The van der Waals surface area contributed by atoms with Crippen LogP contribution in [0, 0.1) is 6.92 Å². The number of aryl methyl sites for hydroxylation is 1. The number of methoxy groups -OCH3 is 1. The molecule has 0 radical (unpaired) electrons. The number of hydrogen-bond acceptors (Lipinski definition) is 4. The van der Waals surface area contributed by atoms with Gasteiger partial charge in [-0.05, 0) is 30.7 Å². The third-order valence-corrected chi connectivity index (χ3v) is 3.00. The van der Waals surface area contributed by atoms with Gasteiger partial charge in [-0.3, -0.25) is 4.79 Å². The van der Waals surface area contributed by atoms with Crippen molar-refractivity contribution >= 4 is 12.1 Å². The minimum atomic E-state index is -0.294. The molecule has 0 heterocycles. The molecule has 0 aliphatic heterocycles. The van der Waals surface area contributed by atoms with Crippen LogP contribution in [0.15, 0.2) is 47.6 Å². The number of carbonyl (C=O) groups is 1. The number of benzene rings is 2. The predicted molar refractivity (Wildman–Crippen MR) is 80.9 cm³/mol. The maximum Gasteiger partial charge on any atom is 0.271 e. The standard InChI is InChI=1S/C16H16N2O3/c1-11-5-3-4-6-14(11)16(20)18-17-10-12-7-8-13(21-2)9-15(12)19/h3-10,19H,1-2H3,(H,18,20). The molecule has 2 N–H and O–H groups in total. The average molecular weight is 284 g/mol. The number of nitrogens with zero attached hydrogens (tertiary/aromatic N) is 1. The van der Waals surface area contributed by atoms with E-state index in [2.05, 4.69) is 10.5 Å². The van der Waals surface area contributed by atoms with Gasteiger partial charge in [0.1, 0.15) is 11.5 Å². The van der Waals surface area contributed by atoms with Gasteiger partial charge in [-0.2, -0.15) is 5.10 Å². The zero-order valence-corrected chi connectivity index (χ0v) is 11.8. The Hall–Kier alpha value is -2.82. The molecule has 0 fully saturated rings. The van der Waals surface area contributed by atoms with E-state index in [9.17, 15) is 9.90 Å². The van der Waals surface area contributed by atoms with E-state index in [0.29, 0.717) is 16.9 Å². The second kappa shape index (κ2) is 6.56. The molecule has 2 aromatic carbocycles. The Balaban J connectivity index is 2.06. The summed E-state index contributed by atoms with van der Waals surface area (Å²) < 4.78 is 4.99. The van der Waals surface area contributed by atoms with Gasteiger partial charge >= 0.3 is 0 Å². The average Bonchev–Trinajstić information content (AvgIpc) is 2.49. The van der Waals surface area contributed by atoms with Gasteiger partial charge < -0.3 is 9.84 Å². The lowest BCUT2D eigenvalue weighted by atomic mass is 10.1. The fraction of sp³-hybridized carbons (Fsp3) is 0.125. The Labute approximate surface area is 122 Å². The summed E-state index contributed by atoms with van der Waals surface area (Å²) in [4.78, 5) is 11.9. The zero-order valence-electron chi connectivity index (χ0n) is 11.8. The number of hydrazone groups is 1. The molecule has 1 amide bonds. The van der Waals surface area contributed by atoms with E-state index in [1.165, 1.54) is 19.4 Å². The number of carbonyl (C=O) groups excluding carboxylic acids is 1. The number of phenolic OH excluding ortho intramolecular Hbond substituents is 1. The Morgan fingerprint density at radius 3 is 2.71 bits per heavy atom. The van der Waals surface area contributed by atoms with Gasteiger partial charge in [-0.15, -0.1) is 0 Å². The van der Waals surface area contributed by atoms with Gasteiger partial charge in [0.2, 0.25) is 0 Å². The van der Waals surface area contributed by atoms with Crippen molar-refractivity contribution < 1.29 is 14.6 Å². The van der Waals surface area contributed by atoms with Gasteiger partial charge in [0.15, 0.2) is 0 Å². The van der Waals surface area contributed by atoms with Crippen molar-refractivity contribution in [3.8, 4) is 11.5 Å². The lowest BCUT2D eigenvalue weighted by Crippen LogP contribution is -2.18. The van der Waals surface area contributed by atoms with Gasteiger partial charge in [-0.1, -0.05) is 18.2 Å². The summed E-state index contributed by atoms with van der Waals surface area (Å²) in [6, 6.07) is 12.1. The highest BCUT2D eigenvalue weighted by atomic mass is 16.5. The minimum absolute atomic E-state index is 0.0308. The zero-order chi connectivity index (χ0) is 15.2. The summed E-state index contributed by atoms with van der Waals surface area (Å²) in [7, 11) is 1.52. The highest BCUT2D eigenvalue weighted by Crippen LogP contribution is 2.21. The SMILES string of the molecule is COc1ccc(C=NNC(=O)c2ccccc2C)c(O)c1. The van der Waals surface area contributed by atoms with E-state index in [-0.39, 0.29) is 11.7 Å². The summed E-state index contributed by atoms with van der Waals surface area (Å²) in [6.45, 7) is 1.86. The molecule has 5 heteroatoms. The maximum absolute atomic E-state index is 11.9. The van der Waals surface area contributed by atoms with Gasteiger partial charge in [0, 0.05) is 17.2 Å². The van der Waals surface area contributed by atoms with Crippen LogP contribution in [0.1, 0.15) is 21.5 Å². The molecule has 2 rings (SSSR count). The number of hydrogen-bond donors (Lipinski definition) is 2. The van der Waals surface area contributed by atoms with Crippen LogP contribution in [0.2, 0.25) is 0 Å². The van der Waals surface area contributed by atoms with Crippen LogP contribution in [0.3, 0.4) is 0 Å². The molecule has 21 heavy (non-hydrogen) atoms.